The van der Waals surface area contributed by atoms with Gasteiger partial charge in [-0.3, -0.25) is 0 Å². The van der Waals surface area contributed by atoms with Crippen LogP contribution in [0.25, 0.3) is 0 Å². The first-order valence-electron chi connectivity index (χ1n) is 3.43. The fourth-order valence-corrected chi connectivity index (χ4v) is 0. The van der Waals surface area contributed by atoms with E-state index < -0.39 is 19.8 Å². The normalized spacial score (nSPS) is 32.8. The summed E-state index contributed by atoms with van der Waals surface area (Å²) in [6.07, 6.45) is -0.819. The summed E-state index contributed by atoms with van der Waals surface area (Å²) in [6.45, 7) is -4.97. The van der Waals surface area contributed by atoms with Crippen molar-refractivity contribution >= 4 is 0 Å². The van der Waals surface area contributed by atoms with Crippen molar-refractivity contribution in [3.8, 4) is 0 Å². The van der Waals surface area contributed by atoms with E-state index in [0.29, 0.717) is 0 Å². The van der Waals surface area contributed by atoms with Gasteiger partial charge in [-0.15, -0.1) is 0 Å². The Morgan fingerprint density at radius 1 is 2.50 bits per heavy atom. The van der Waals surface area contributed by atoms with E-state index in [4.69, 9.17) is 12.0 Å². The van der Waals surface area contributed by atoms with Gasteiger partial charge in [-0.05, 0) is 6.42 Å². The zero-order chi connectivity index (χ0) is 7.71. The first-order valence-corrected chi connectivity index (χ1v) is 0.931. The molecule has 0 aromatic heterocycles. The molecule has 1 heteroatoms. The largest absolute Gasteiger partial charge is 0.396 e. The van der Waals surface area contributed by atoms with Crippen molar-refractivity contribution in [3.05, 3.63) is 0 Å². The molecule has 0 amide bonds. The van der Waals surface area contributed by atoms with Gasteiger partial charge in [-0.2, -0.15) is 0 Å². The van der Waals surface area contributed by atoms with Crippen LogP contribution in [0.3, 0.4) is 0 Å². The van der Waals surface area contributed by atoms with Gasteiger partial charge in [0.05, 0.1) is 2.74 Å². The zero-order valence-corrected chi connectivity index (χ0v) is 2.15. The fourth-order valence-electron chi connectivity index (χ4n) is 0. The summed E-state index contributed by atoms with van der Waals surface area (Å²) in [5, 5.41) is 8.33. The van der Waals surface area contributed by atoms with Gasteiger partial charge in [0.15, 0.2) is 0 Å². The Morgan fingerprint density at radius 3 is 3.25 bits per heavy atom. The molecular formula is C3H8O. The van der Waals surface area contributed by atoms with E-state index in [1.165, 1.54) is 0 Å². The van der Waals surface area contributed by atoms with Crippen LogP contribution in [0.1, 0.15) is 20.1 Å². The second kappa shape index (κ2) is 2.96. The molecule has 0 aromatic rings. The minimum Gasteiger partial charge on any atom is -0.396 e. The summed E-state index contributed by atoms with van der Waals surface area (Å²) < 4.78 is 32.5. The molecule has 0 fully saturated rings. The fraction of sp³-hybridized carbons (Fsp3) is 1.00. The van der Waals surface area contributed by atoms with Gasteiger partial charge in [-0.1, -0.05) is 6.85 Å². The van der Waals surface area contributed by atoms with Crippen LogP contribution in [-0.2, 0) is 0 Å². The standard InChI is InChI=1S/C3H8O/c1-2-3-4/h4H,2-3H2,1H3/i1D3,3D2. The predicted octanol–water partition coefficient (Wildman–Crippen LogP) is 0.389. The Morgan fingerprint density at radius 2 is 3.25 bits per heavy atom. The highest BCUT2D eigenvalue weighted by atomic mass is 16.2. The lowest BCUT2D eigenvalue weighted by Gasteiger charge is -1.69. The van der Waals surface area contributed by atoms with Crippen molar-refractivity contribution in [2.24, 2.45) is 0 Å². The average molecular weight is 65.1 g/mol. The highest BCUT2D eigenvalue weighted by Gasteiger charge is 1.57. The summed E-state index contributed by atoms with van der Waals surface area (Å²) in [6, 6.07) is 0. The van der Waals surface area contributed by atoms with E-state index in [-0.39, 0.29) is 0 Å². The minimum atomic E-state index is -2.58. The molecule has 0 aliphatic rings. The third kappa shape index (κ3) is 1.96. The van der Waals surface area contributed by atoms with Crippen LogP contribution in [0.5, 0.6) is 0 Å². The van der Waals surface area contributed by atoms with Gasteiger partial charge < -0.3 is 5.11 Å². The maximum atomic E-state index is 8.33. The average Bonchev–Trinajstić information content (AvgIpc) is 1.14. The SMILES string of the molecule is [2H]C([2H])([2H])CC([2H])([2H])O. The van der Waals surface area contributed by atoms with E-state index in [9.17, 15) is 0 Å². The summed E-state index contributed by atoms with van der Waals surface area (Å²) in [5.41, 5.74) is 0. The quantitative estimate of drug-likeness (QED) is 0.468. The smallest absolute Gasteiger partial charge is 0.0564 e. The molecule has 0 atom stereocenters. The van der Waals surface area contributed by atoms with E-state index in [1.54, 1.807) is 0 Å². The van der Waals surface area contributed by atoms with Gasteiger partial charge in [0.25, 0.3) is 0 Å². The lowest BCUT2D eigenvalue weighted by atomic mass is 10.5. The summed E-state index contributed by atoms with van der Waals surface area (Å²) in [7, 11) is 0. The van der Waals surface area contributed by atoms with Gasteiger partial charge in [-0.25, -0.2) is 0 Å². The number of aliphatic hydroxyl groups is 1. The molecule has 1 nitrogen and oxygen atoms in total. The maximum Gasteiger partial charge on any atom is 0.0564 e. The van der Waals surface area contributed by atoms with Gasteiger partial charge in [0.2, 0.25) is 0 Å². The molecule has 0 unspecified atom stereocenters. The molecule has 0 bridgehead atoms. The molecule has 0 rings (SSSR count). The molecule has 4 heavy (non-hydrogen) atoms. The Balaban J connectivity index is 3.75. The van der Waals surface area contributed by atoms with E-state index in [2.05, 4.69) is 0 Å². The number of hydrogen-bond acceptors (Lipinski definition) is 1. The first kappa shape index (κ1) is 0.548. The van der Waals surface area contributed by atoms with Crippen molar-refractivity contribution < 1.29 is 12.0 Å². The van der Waals surface area contributed by atoms with Crippen LogP contribution in [-0.4, -0.2) is 11.7 Å². The third-order valence-corrected chi connectivity index (χ3v) is 0.0791. The van der Waals surface area contributed by atoms with Crippen LogP contribution < -0.4 is 0 Å². The highest BCUT2D eigenvalue weighted by Crippen LogP contribution is 1.61. The summed E-state index contributed by atoms with van der Waals surface area (Å²) >= 11 is 0. The molecule has 1 N–H and O–H groups in total. The maximum absolute atomic E-state index is 8.33. The molecule has 0 aliphatic heterocycles. The lowest BCUT2D eigenvalue weighted by molar-refractivity contribution is 0.295. The minimum absolute atomic E-state index is 0.819. The second-order valence-corrected chi connectivity index (χ2v) is 0.335. The zero-order valence-electron chi connectivity index (χ0n) is 7.15. The van der Waals surface area contributed by atoms with E-state index in [0.717, 1.165) is 0 Å². The van der Waals surface area contributed by atoms with Crippen molar-refractivity contribution in [3.63, 3.8) is 0 Å². The number of hydrogen-bond donors (Lipinski definition) is 1. The van der Waals surface area contributed by atoms with Crippen LogP contribution in [0.4, 0.5) is 0 Å². The van der Waals surface area contributed by atoms with Crippen molar-refractivity contribution in [2.45, 2.75) is 13.3 Å². The Kier molecular flexibility index (Phi) is 0.405. The molecule has 0 aromatic carbocycles. The lowest BCUT2D eigenvalue weighted by Crippen LogP contribution is -1.69. The highest BCUT2D eigenvalue weighted by molar-refractivity contribution is 4.10. The molecule has 0 saturated heterocycles. The topological polar surface area (TPSA) is 20.2 Å². The first-order chi connectivity index (χ1) is 3.71. The van der Waals surface area contributed by atoms with Crippen molar-refractivity contribution in [1.82, 2.24) is 0 Å². The summed E-state index contributed by atoms with van der Waals surface area (Å²) in [5.74, 6) is 0. The van der Waals surface area contributed by atoms with Crippen LogP contribution >= 0.6 is 0 Å². The van der Waals surface area contributed by atoms with Gasteiger partial charge in [0.1, 0.15) is 0 Å². The Hall–Kier alpha value is -0.0400. The third-order valence-electron chi connectivity index (χ3n) is 0.0791. The van der Waals surface area contributed by atoms with Gasteiger partial charge in [0, 0.05) is 10.7 Å². The Bertz CT molecular complexity index is 77.4. The number of rotatable bonds is 1. The predicted molar refractivity (Wildman–Crippen MR) is 17.4 cm³/mol. The van der Waals surface area contributed by atoms with E-state index in [1.807, 2.05) is 0 Å². The van der Waals surface area contributed by atoms with Gasteiger partial charge >= 0.3 is 0 Å². The van der Waals surface area contributed by atoms with E-state index >= 15 is 0 Å². The molecule has 26 valence electrons. The molecular weight excluding hydrogens is 52.0 g/mol. The molecule has 0 heterocycles. The monoisotopic (exact) mass is 65.1 g/mol. The van der Waals surface area contributed by atoms with Crippen LogP contribution in [0.2, 0.25) is 0 Å². The van der Waals surface area contributed by atoms with Crippen molar-refractivity contribution in [1.29, 1.82) is 0 Å². The van der Waals surface area contributed by atoms with Crippen LogP contribution in [0.15, 0.2) is 0 Å². The summed E-state index contributed by atoms with van der Waals surface area (Å²) in [4.78, 5) is 0. The Labute approximate surface area is 33.3 Å². The molecule has 0 aliphatic carbocycles. The second-order valence-electron chi connectivity index (χ2n) is 0.335. The van der Waals surface area contributed by atoms with Crippen LogP contribution in [0, 0.1) is 0 Å². The molecule has 0 spiro atoms. The molecule has 0 saturated carbocycles. The molecule has 0 radical (unpaired) electrons. The van der Waals surface area contributed by atoms with Crippen molar-refractivity contribution in [2.75, 3.05) is 6.56 Å².